The van der Waals surface area contributed by atoms with E-state index in [0.717, 1.165) is 11.3 Å². The quantitative estimate of drug-likeness (QED) is 0.346. The molecular formula is C25H25N3O7. The molecule has 0 spiro atoms. The minimum atomic E-state index is -0.781. The molecule has 3 aromatic rings. The number of ketones is 1. The van der Waals surface area contributed by atoms with Crippen molar-refractivity contribution >= 4 is 23.5 Å². The maximum atomic E-state index is 12.5. The average molecular weight is 479 g/mol. The number of benzene rings is 1. The van der Waals surface area contributed by atoms with Crippen LogP contribution in [0.2, 0.25) is 0 Å². The SMILES string of the molecule is COc1cc(C(C)=O)ccc1OCC(=O)OCC(=O)Nc1c(C#N)c(C)c(C)n1Cc1ccco1. The van der Waals surface area contributed by atoms with Crippen LogP contribution >= 0.6 is 0 Å². The molecule has 0 saturated heterocycles. The predicted octanol–water partition coefficient (Wildman–Crippen LogP) is 3.39. The van der Waals surface area contributed by atoms with Crippen molar-refractivity contribution in [3.05, 3.63) is 64.7 Å². The molecule has 0 radical (unpaired) electrons. The van der Waals surface area contributed by atoms with Gasteiger partial charge in [-0.2, -0.15) is 5.26 Å². The van der Waals surface area contributed by atoms with Gasteiger partial charge in [0.15, 0.2) is 30.5 Å². The number of methoxy groups -OCH3 is 1. The van der Waals surface area contributed by atoms with E-state index in [-0.39, 0.29) is 17.3 Å². The zero-order valence-corrected chi connectivity index (χ0v) is 19.8. The predicted molar refractivity (Wildman–Crippen MR) is 125 cm³/mol. The second-order valence-corrected chi connectivity index (χ2v) is 7.63. The zero-order chi connectivity index (χ0) is 25.5. The summed E-state index contributed by atoms with van der Waals surface area (Å²) in [5, 5.41) is 12.3. The minimum absolute atomic E-state index is 0.138. The Balaban J connectivity index is 1.61. The fourth-order valence-corrected chi connectivity index (χ4v) is 3.38. The molecule has 2 aromatic heterocycles. The summed E-state index contributed by atoms with van der Waals surface area (Å²) < 4.78 is 22.7. The van der Waals surface area contributed by atoms with Crippen LogP contribution in [0, 0.1) is 25.2 Å². The zero-order valence-electron chi connectivity index (χ0n) is 19.8. The van der Waals surface area contributed by atoms with E-state index in [1.165, 1.54) is 26.2 Å². The Morgan fingerprint density at radius 1 is 1.14 bits per heavy atom. The summed E-state index contributed by atoms with van der Waals surface area (Å²) in [6, 6.07) is 10.2. The summed E-state index contributed by atoms with van der Waals surface area (Å²) in [5.74, 6) is -0.0480. The molecule has 182 valence electrons. The number of carbonyl (C=O) groups is 3. The molecule has 1 amide bonds. The van der Waals surface area contributed by atoms with Crippen molar-refractivity contribution in [3.8, 4) is 17.6 Å². The molecule has 0 bridgehead atoms. The van der Waals surface area contributed by atoms with E-state index in [2.05, 4.69) is 11.4 Å². The molecule has 1 aromatic carbocycles. The third-order valence-corrected chi connectivity index (χ3v) is 5.37. The van der Waals surface area contributed by atoms with E-state index in [4.69, 9.17) is 18.6 Å². The van der Waals surface area contributed by atoms with Gasteiger partial charge < -0.3 is 28.5 Å². The van der Waals surface area contributed by atoms with Crippen molar-refractivity contribution in [2.75, 3.05) is 25.6 Å². The van der Waals surface area contributed by atoms with Crippen molar-refractivity contribution in [1.29, 1.82) is 5.26 Å². The van der Waals surface area contributed by atoms with E-state index >= 15 is 0 Å². The lowest BCUT2D eigenvalue weighted by Crippen LogP contribution is -2.25. The van der Waals surface area contributed by atoms with Gasteiger partial charge >= 0.3 is 5.97 Å². The molecule has 0 aliphatic carbocycles. The molecular weight excluding hydrogens is 454 g/mol. The second-order valence-electron chi connectivity index (χ2n) is 7.63. The number of hydrogen-bond acceptors (Lipinski definition) is 8. The lowest BCUT2D eigenvalue weighted by atomic mass is 10.1. The monoisotopic (exact) mass is 479 g/mol. The summed E-state index contributed by atoms with van der Waals surface area (Å²) in [5.41, 5.74) is 2.28. The molecule has 0 aliphatic rings. The van der Waals surface area contributed by atoms with Crippen LogP contribution in [0.15, 0.2) is 41.0 Å². The number of nitriles is 1. The molecule has 10 heteroatoms. The number of furan rings is 1. The maximum Gasteiger partial charge on any atom is 0.344 e. The van der Waals surface area contributed by atoms with Crippen molar-refractivity contribution in [2.45, 2.75) is 27.3 Å². The van der Waals surface area contributed by atoms with E-state index in [1.54, 1.807) is 36.0 Å². The fraction of sp³-hybridized carbons (Fsp3) is 0.280. The Labute approximate surface area is 202 Å². The van der Waals surface area contributed by atoms with E-state index in [9.17, 15) is 19.6 Å². The first-order valence-electron chi connectivity index (χ1n) is 10.6. The van der Waals surface area contributed by atoms with E-state index in [0.29, 0.717) is 29.2 Å². The van der Waals surface area contributed by atoms with Crippen LogP contribution in [-0.2, 0) is 20.9 Å². The van der Waals surface area contributed by atoms with Crippen molar-refractivity contribution in [3.63, 3.8) is 0 Å². The first-order chi connectivity index (χ1) is 16.7. The molecule has 0 fully saturated rings. The summed E-state index contributed by atoms with van der Waals surface area (Å²) in [7, 11) is 1.41. The van der Waals surface area contributed by atoms with Gasteiger partial charge in [0.25, 0.3) is 5.91 Å². The Kier molecular flexibility index (Phi) is 7.94. The largest absolute Gasteiger partial charge is 0.493 e. The highest BCUT2D eigenvalue weighted by molar-refractivity contribution is 5.95. The van der Waals surface area contributed by atoms with Crippen LogP contribution in [0.25, 0.3) is 0 Å². The van der Waals surface area contributed by atoms with Crippen LogP contribution in [0.4, 0.5) is 5.82 Å². The number of anilines is 1. The molecule has 0 aliphatic heterocycles. The molecule has 0 saturated carbocycles. The van der Waals surface area contributed by atoms with Gasteiger partial charge in [-0.25, -0.2) is 4.79 Å². The van der Waals surface area contributed by atoms with E-state index in [1.807, 2.05) is 6.92 Å². The topological polar surface area (TPSA) is 133 Å². The first kappa shape index (κ1) is 25.1. The van der Waals surface area contributed by atoms with Crippen LogP contribution in [0.1, 0.15) is 39.9 Å². The van der Waals surface area contributed by atoms with Crippen LogP contribution in [0.5, 0.6) is 11.5 Å². The minimum Gasteiger partial charge on any atom is -0.493 e. The summed E-state index contributed by atoms with van der Waals surface area (Å²) in [6.45, 7) is 4.32. The van der Waals surface area contributed by atoms with Crippen LogP contribution < -0.4 is 14.8 Å². The van der Waals surface area contributed by atoms with Crippen LogP contribution in [-0.4, -0.2) is 42.6 Å². The van der Waals surface area contributed by atoms with Crippen LogP contribution in [0.3, 0.4) is 0 Å². The Morgan fingerprint density at radius 3 is 2.54 bits per heavy atom. The third-order valence-electron chi connectivity index (χ3n) is 5.37. The summed E-state index contributed by atoms with van der Waals surface area (Å²) in [6.07, 6.45) is 1.54. The molecule has 35 heavy (non-hydrogen) atoms. The molecule has 0 unspecified atom stereocenters. The number of carbonyl (C=O) groups excluding carboxylic acids is 3. The summed E-state index contributed by atoms with van der Waals surface area (Å²) >= 11 is 0. The number of hydrogen-bond donors (Lipinski definition) is 1. The third kappa shape index (κ3) is 5.89. The number of rotatable bonds is 10. The number of nitrogens with one attached hydrogen (secondary N) is 1. The number of esters is 1. The number of nitrogens with zero attached hydrogens (tertiary/aromatic N) is 2. The van der Waals surface area contributed by atoms with Gasteiger partial charge in [-0.3, -0.25) is 9.59 Å². The van der Waals surface area contributed by atoms with Gasteiger partial charge in [-0.15, -0.1) is 0 Å². The van der Waals surface area contributed by atoms with E-state index < -0.39 is 25.1 Å². The normalized spacial score (nSPS) is 10.4. The van der Waals surface area contributed by atoms with Gasteiger partial charge in [0.2, 0.25) is 0 Å². The Morgan fingerprint density at radius 2 is 1.91 bits per heavy atom. The molecule has 2 heterocycles. The highest BCUT2D eigenvalue weighted by Crippen LogP contribution is 2.29. The molecule has 0 atom stereocenters. The first-order valence-corrected chi connectivity index (χ1v) is 10.6. The number of amides is 1. The van der Waals surface area contributed by atoms with Crippen molar-refractivity contribution in [2.24, 2.45) is 0 Å². The van der Waals surface area contributed by atoms with Crippen molar-refractivity contribution in [1.82, 2.24) is 4.57 Å². The standard InChI is InChI=1S/C25H25N3O7/c1-15-16(2)28(12-19-6-5-9-33-19)25(20(15)11-26)27-23(30)13-35-24(31)14-34-21-8-7-18(17(3)29)10-22(21)32-4/h5-10H,12-14H2,1-4H3,(H,27,30). The lowest BCUT2D eigenvalue weighted by Gasteiger charge is -2.13. The highest BCUT2D eigenvalue weighted by atomic mass is 16.6. The highest BCUT2D eigenvalue weighted by Gasteiger charge is 2.21. The maximum absolute atomic E-state index is 12.5. The van der Waals surface area contributed by atoms with Gasteiger partial charge in [0.05, 0.1) is 25.5 Å². The average Bonchev–Trinajstić information content (AvgIpc) is 3.44. The smallest absolute Gasteiger partial charge is 0.344 e. The molecule has 1 N–H and O–H groups in total. The van der Waals surface area contributed by atoms with Gasteiger partial charge in [0.1, 0.15) is 17.6 Å². The van der Waals surface area contributed by atoms with Gasteiger partial charge in [-0.05, 0) is 56.7 Å². The van der Waals surface area contributed by atoms with Crippen molar-refractivity contribution < 1.29 is 33.0 Å². The molecule has 10 nitrogen and oxygen atoms in total. The van der Waals surface area contributed by atoms with Gasteiger partial charge in [0, 0.05) is 11.3 Å². The summed E-state index contributed by atoms with van der Waals surface area (Å²) in [4.78, 5) is 36.1. The number of aromatic nitrogens is 1. The molecule has 3 rings (SSSR count). The Hall–Kier alpha value is -4.52. The Bertz CT molecular complexity index is 1280. The van der Waals surface area contributed by atoms with Gasteiger partial charge in [-0.1, -0.05) is 0 Å². The number of Topliss-reactive ketones (excluding diaryl/α,β-unsaturated/α-hetero) is 1. The second kappa shape index (κ2) is 11.1. The fourth-order valence-electron chi connectivity index (χ4n) is 3.38. The number of ether oxygens (including phenoxy) is 3. The lowest BCUT2D eigenvalue weighted by molar-refractivity contribution is -0.149.